The molecule has 102 valence electrons. The SMILES string of the molecule is Cc1ccc(-c2nc(-c3cccc(C#N)c3)cs2)cc1Br. The van der Waals surface area contributed by atoms with Crippen LogP contribution in [0.2, 0.25) is 0 Å². The molecular formula is C17H11BrN2S. The summed E-state index contributed by atoms with van der Waals surface area (Å²) in [5.41, 5.74) is 4.84. The normalized spacial score (nSPS) is 10.3. The summed E-state index contributed by atoms with van der Waals surface area (Å²) >= 11 is 5.17. The number of rotatable bonds is 2. The van der Waals surface area contributed by atoms with Gasteiger partial charge in [0.1, 0.15) is 5.01 Å². The van der Waals surface area contributed by atoms with E-state index in [9.17, 15) is 0 Å². The molecule has 3 aromatic rings. The first kappa shape index (κ1) is 14.0. The van der Waals surface area contributed by atoms with Gasteiger partial charge in [-0.25, -0.2) is 4.98 Å². The molecule has 0 aliphatic carbocycles. The van der Waals surface area contributed by atoms with Crippen LogP contribution in [0.1, 0.15) is 11.1 Å². The summed E-state index contributed by atoms with van der Waals surface area (Å²) in [5.74, 6) is 0. The molecule has 0 amide bonds. The Labute approximate surface area is 135 Å². The maximum absolute atomic E-state index is 8.98. The Morgan fingerprint density at radius 1 is 1.14 bits per heavy atom. The van der Waals surface area contributed by atoms with E-state index in [4.69, 9.17) is 5.26 Å². The third-order valence-electron chi connectivity index (χ3n) is 3.21. The number of hydrogen-bond donors (Lipinski definition) is 0. The molecule has 2 nitrogen and oxygen atoms in total. The summed E-state index contributed by atoms with van der Waals surface area (Å²) in [6, 6.07) is 15.9. The van der Waals surface area contributed by atoms with Crippen molar-refractivity contribution in [3.05, 3.63) is 63.4 Å². The molecule has 0 unspecified atom stereocenters. The molecule has 0 spiro atoms. The molecule has 21 heavy (non-hydrogen) atoms. The van der Waals surface area contributed by atoms with Crippen molar-refractivity contribution in [2.75, 3.05) is 0 Å². The van der Waals surface area contributed by atoms with Gasteiger partial charge in [-0.05, 0) is 30.7 Å². The second-order valence-electron chi connectivity index (χ2n) is 4.69. The average Bonchev–Trinajstić information content (AvgIpc) is 3.00. The van der Waals surface area contributed by atoms with Crippen molar-refractivity contribution >= 4 is 27.3 Å². The van der Waals surface area contributed by atoms with Crippen LogP contribution in [-0.2, 0) is 0 Å². The molecule has 0 aliphatic rings. The number of nitriles is 1. The van der Waals surface area contributed by atoms with Gasteiger partial charge in [0.2, 0.25) is 0 Å². The molecular weight excluding hydrogens is 344 g/mol. The van der Waals surface area contributed by atoms with Crippen LogP contribution in [0.4, 0.5) is 0 Å². The first-order valence-electron chi connectivity index (χ1n) is 6.40. The lowest BCUT2D eigenvalue weighted by atomic mass is 10.1. The lowest BCUT2D eigenvalue weighted by molar-refractivity contribution is 1.37. The minimum absolute atomic E-state index is 0.653. The van der Waals surface area contributed by atoms with Gasteiger partial charge in [-0.3, -0.25) is 0 Å². The first-order chi connectivity index (χ1) is 10.2. The van der Waals surface area contributed by atoms with Gasteiger partial charge in [0, 0.05) is 21.0 Å². The number of hydrogen-bond acceptors (Lipinski definition) is 3. The van der Waals surface area contributed by atoms with Gasteiger partial charge in [0.05, 0.1) is 17.3 Å². The Balaban J connectivity index is 1.99. The monoisotopic (exact) mass is 354 g/mol. The Bertz CT molecular complexity index is 846. The van der Waals surface area contributed by atoms with Gasteiger partial charge in [-0.15, -0.1) is 11.3 Å². The molecule has 0 atom stereocenters. The lowest BCUT2D eigenvalue weighted by Crippen LogP contribution is -1.82. The lowest BCUT2D eigenvalue weighted by Gasteiger charge is -2.01. The molecule has 0 saturated heterocycles. The van der Waals surface area contributed by atoms with Crippen molar-refractivity contribution in [2.24, 2.45) is 0 Å². The molecule has 3 rings (SSSR count). The third kappa shape index (κ3) is 2.90. The van der Waals surface area contributed by atoms with Crippen LogP contribution < -0.4 is 0 Å². The van der Waals surface area contributed by atoms with E-state index in [1.54, 1.807) is 17.4 Å². The molecule has 1 aromatic heterocycles. The number of thiazole rings is 1. The van der Waals surface area contributed by atoms with Gasteiger partial charge in [0.15, 0.2) is 0 Å². The Hall–Kier alpha value is -1.96. The fourth-order valence-corrected chi connectivity index (χ4v) is 3.22. The Morgan fingerprint density at radius 2 is 2.00 bits per heavy atom. The van der Waals surface area contributed by atoms with Crippen molar-refractivity contribution in [1.82, 2.24) is 4.98 Å². The number of halogens is 1. The highest BCUT2D eigenvalue weighted by Gasteiger charge is 2.08. The zero-order chi connectivity index (χ0) is 14.8. The Morgan fingerprint density at radius 3 is 2.76 bits per heavy atom. The third-order valence-corrected chi connectivity index (χ3v) is 4.96. The largest absolute Gasteiger partial charge is 0.236 e. The quantitative estimate of drug-likeness (QED) is 0.615. The van der Waals surface area contributed by atoms with Gasteiger partial charge >= 0.3 is 0 Å². The predicted octanol–water partition coefficient (Wildman–Crippen LogP) is 5.42. The molecule has 0 saturated carbocycles. The van der Waals surface area contributed by atoms with E-state index < -0.39 is 0 Å². The predicted molar refractivity (Wildman–Crippen MR) is 90.1 cm³/mol. The van der Waals surface area contributed by atoms with Crippen LogP contribution in [0.5, 0.6) is 0 Å². The van der Waals surface area contributed by atoms with E-state index in [-0.39, 0.29) is 0 Å². The molecule has 2 aromatic carbocycles. The molecule has 0 radical (unpaired) electrons. The van der Waals surface area contributed by atoms with Crippen LogP contribution >= 0.6 is 27.3 Å². The van der Waals surface area contributed by atoms with E-state index >= 15 is 0 Å². The standard InChI is InChI=1S/C17H11BrN2S/c1-11-5-6-14(8-15(11)18)17-20-16(10-21-17)13-4-2-3-12(7-13)9-19/h2-8,10H,1H3. The average molecular weight is 355 g/mol. The number of aromatic nitrogens is 1. The summed E-state index contributed by atoms with van der Waals surface area (Å²) in [6.45, 7) is 2.06. The van der Waals surface area contributed by atoms with Crippen molar-refractivity contribution in [1.29, 1.82) is 5.26 Å². The van der Waals surface area contributed by atoms with Gasteiger partial charge in [0.25, 0.3) is 0 Å². The fraction of sp³-hybridized carbons (Fsp3) is 0.0588. The number of nitrogens with zero attached hydrogens (tertiary/aromatic N) is 2. The zero-order valence-corrected chi connectivity index (χ0v) is 13.7. The van der Waals surface area contributed by atoms with Crippen molar-refractivity contribution in [3.63, 3.8) is 0 Å². The molecule has 0 N–H and O–H groups in total. The van der Waals surface area contributed by atoms with Gasteiger partial charge in [-0.1, -0.05) is 40.2 Å². The molecule has 0 aliphatic heterocycles. The fourth-order valence-electron chi connectivity index (χ4n) is 2.01. The topological polar surface area (TPSA) is 36.7 Å². The van der Waals surface area contributed by atoms with Gasteiger partial charge in [-0.2, -0.15) is 5.26 Å². The van der Waals surface area contributed by atoms with Crippen molar-refractivity contribution in [3.8, 4) is 27.9 Å². The van der Waals surface area contributed by atoms with Crippen LogP contribution in [0, 0.1) is 18.3 Å². The van der Waals surface area contributed by atoms with E-state index in [1.165, 1.54) is 5.56 Å². The summed E-state index contributed by atoms with van der Waals surface area (Å²) < 4.78 is 1.09. The highest BCUT2D eigenvalue weighted by molar-refractivity contribution is 9.10. The van der Waals surface area contributed by atoms with E-state index in [0.29, 0.717) is 5.56 Å². The highest BCUT2D eigenvalue weighted by Crippen LogP contribution is 2.31. The van der Waals surface area contributed by atoms with Crippen LogP contribution in [0.25, 0.3) is 21.8 Å². The van der Waals surface area contributed by atoms with Crippen molar-refractivity contribution in [2.45, 2.75) is 6.92 Å². The van der Waals surface area contributed by atoms with E-state index in [1.807, 2.05) is 23.6 Å². The summed E-state index contributed by atoms with van der Waals surface area (Å²) in [7, 11) is 0. The van der Waals surface area contributed by atoms with E-state index in [0.717, 1.165) is 26.3 Å². The molecule has 0 bridgehead atoms. The zero-order valence-electron chi connectivity index (χ0n) is 11.3. The van der Waals surface area contributed by atoms with Crippen LogP contribution in [0.15, 0.2) is 52.3 Å². The maximum atomic E-state index is 8.98. The molecule has 4 heteroatoms. The summed E-state index contributed by atoms with van der Waals surface area (Å²) in [6.07, 6.45) is 0. The maximum Gasteiger partial charge on any atom is 0.124 e. The minimum atomic E-state index is 0.653. The van der Waals surface area contributed by atoms with Gasteiger partial charge < -0.3 is 0 Å². The summed E-state index contributed by atoms with van der Waals surface area (Å²) in [5, 5.41) is 12.0. The van der Waals surface area contributed by atoms with Crippen LogP contribution in [0.3, 0.4) is 0 Å². The van der Waals surface area contributed by atoms with Crippen molar-refractivity contribution < 1.29 is 0 Å². The highest BCUT2D eigenvalue weighted by atomic mass is 79.9. The second-order valence-corrected chi connectivity index (χ2v) is 6.41. The number of aryl methyl sites for hydroxylation is 1. The minimum Gasteiger partial charge on any atom is -0.236 e. The number of benzene rings is 2. The second kappa shape index (κ2) is 5.80. The first-order valence-corrected chi connectivity index (χ1v) is 8.07. The van der Waals surface area contributed by atoms with Crippen LogP contribution in [-0.4, -0.2) is 4.98 Å². The smallest absolute Gasteiger partial charge is 0.124 e. The Kier molecular flexibility index (Phi) is 3.87. The molecule has 0 fully saturated rings. The summed E-state index contributed by atoms with van der Waals surface area (Å²) in [4.78, 5) is 4.69. The molecule has 1 heterocycles. The van der Waals surface area contributed by atoms with E-state index in [2.05, 4.69) is 52.1 Å².